The van der Waals surface area contributed by atoms with Crippen molar-refractivity contribution < 1.29 is 17.9 Å². The van der Waals surface area contributed by atoms with E-state index in [4.69, 9.17) is 4.74 Å². The van der Waals surface area contributed by atoms with E-state index in [0.717, 1.165) is 22.4 Å². The molecule has 1 N–H and O–H groups in total. The monoisotopic (exact) mass is 466 g/mol. The molecule has 0 aliphatic heterocycles. The number of carbonyl (C=O) groups is 1. The van der Waals surface area contributed by atoms with Crippen LogP contribution in [0, 0.1) is 13.8 Å². The van der Waals surface area contributed by atoms with Crippen molar-refractivity contribution in [3.8, 4) is 5.75 Å². The van der Waals surface area contributed by atoms with Crippen LogP contribution < -0.4 is 14.4 Å². The number of para-hydroxylation sites is 1. The second kappa shape index (κ2) is 10.5. The van der Waals surface area contributed by atoms with Crippen LogP contribution >= 0.6 is 0 Å². The standard InChI is InChI=1S/C26H30N2O4S/c1-5-32-23-14-12-22(13-15-23)21(4)27-26(29)18-28(25-9-7-6-8-20(25)3)33(30,31)24-16-10-19(2)11-17-24/h6-17,21H,5,18H2,1-4H3,(H,27,29). The van der Waals surface area contributed by atoms with Crippen molar-refractivity contribution in [2.45, 2.75) is 38.6 Å². The minimum Gasteiger partial charge on any atom is -0.494 e. The Balaban J connectivity index is 1.85. The molecule has 1 atom stereocenters. The number of carbonyl (C=O) groups excluding carboxylic acids is 1. The fourth-order valence-corrected chi connectivity index (χ4v) is 4.99. The van der Waals surface area contributed by atoms with E-state index in [1.54, 1.807) is 36.4 Å². The molecule has 0 spiro atoms. The molecule has 3 aromatic rings. The van der Waals surface area contributed by atoms with Crippen LogP contribution in [0.2, 0.25) is 0 Å². The Morgan fingerprint density at radius 3 is 2.21 bits per heavy atom. The van der Waals surface area contributed by atoms with E-state index in [-0.39, 0.29) is 17.5 Å². The number of aryl methyl sites for hydroxylation is 2. The molecular weight excluding hydrogens is 436 g/mol. The third-order valence-electron chi connectivity index (χ3n) is 5.35. The predicted molar refractivity (Wildman–Crippen MR) is 131 cm³/mol. The van der Waals surface area contributed by atoms with Crippen LogP contribution in [0.15, 0.2) is 77.7 Å². The summed E-state index contributed by atoms with van der Waals surface area (Å²) in [5.41, 5.74) is 3.09. The number of amides is 1. The van der Waals surface area contributed by atoms with Crippen LogP contribution in [0.1, 0.15) is 36.6 Å². The highest BCUT2D eigenvalue weighted by atomic mass is 32.2. The maximum atomic E-state index is 13.5. The molecule has 0 heterocycles. The molecule has 0 bridgehead atoms. The number of rotatable bonds is 9. The Labute approximate surface area is 196 Å². The van der Waals surface area contributed by atoms with Gasteiger partial charge in [-0.15, -0.1) is 0 Å². The SMILES string of the molecule is CCOc1ccc(C(C)NC(=O)CN(c2ccccc2C)S(=O)(=O)c2ccc(C)cc2)cc1. The zero-order valence-corrected chi connectivity index (χ0v) is 20.2. The third kappa shape index (κ3) is 5.93. The van der Waals surface area contributed by atoms with Crippen LogP contribution in [0.25, 0.3) is 0 Å². The van der Waals surface area contributed by atoms with E-state index < -0.39 is 15.9 Å². The summed E-state index contributed by atoms with van der Waals surface area (Å²) in [6.45, 7) is 7.75. The Morgan fingerprint density at radius 2 is 1.61 bits per heavy atom. The van der Waals surface area contributed by atoms with Gasteiger partial charge in [-0.2, -0.15) is 0 Å². The minimum absolute atomic E-state index is 0.142. The van der Waals surface area contributed by atoms with Gasteiger partial charge in [-0.25, -0.2) is 8.42 Å². The topological polar surface area (TPSA) is 75.7 Å². The van der Waals surface area contributed by atoms with Crippen molar-refractivity contribution in [2.24, 2.45) is 0 Å². The fraction of sp³-hybridized carbons (Fsp3) is 0.269. The van der Waals surface area contributed by atoms with Crippen LogP contribution in [-0.4, -0.2) is 27.5 Å². The molecule has 0 aromatic heterocycles. The summed E-state index contributed by atoms with van der Waals surface area (Å²) in [5.74, 6) is 0.366. The molecule has 0 saturated carbocycles. The lowest BCUT2D eigenvalue weighted by atomic mass is 10.1. The fourth-order valence-electron chi connectivity index (χ4n) is 3.50. The quantitative estimate of drug-likeness (QED) is 0.493. The molecule has 1 unspecified atom stereocenters. The maximum Gasteiger partial charge on any atom is 0.264 e. The first-order valence-electron chi connectivity index (χ1n) is 10.9. The number of anilines is 1. The van der Waals surface area contributed by atoms with Gasteiger partial charge in [0.2, 0.25) is 5.91 Å². The van der Waals surface area contributed by atoms with E-state index in [1.807, 2.05) is 64.1 Å². The molecule has 0 radical (unpaired) electrons. The van der Waals surface area contributed by atoms with Crippen LogP contribution in [0.4, 0.5) is 5.69 Å². The largest absolute Gasteiger partial charge is 0.494 e. The van der Waals surface area contributed by atoms with Gasteiger partial charge < -0.3 is 10.1 Å². The highest BCUT2D eigenvalue weighted by Crippen LogP contribution is 2.27. The maximum absolute atomic E-state index is 13.5. The Hall–Kier alpha value is -3.32. The van der Waals surface area contributed by atoms with Crippen molar-refractivity contribution in [2.75, 3.05) is 17.5 Å². The van der Waals surface area contributed by atoms with Crippen LogP contribution in [-0.2, 0) is 14.8 Å². The van der Waals surface area contributed by atoms with Gasteiger partial charge in [0.15, 0.2) is 0 Å². The number of benzene rings is 3. The first-order chi connectivity index (χ1) is 15.7. The summed E-state index contributed by atoms with van der Waals surface area (Å²) >= 11 is 0. The summed E-state index contributed by atoms with van der Waals surface area (Å²) in [6, 6.07) is 20.9. The molecule has 7 heteroatoms. The number of ether oxygens (including phenoxy) is 1. The Bertz CT molecular complexity index is 1190. The van der Waals surface area contributed by atoms with Gasteiger partial charge in [0.25, 0.3) is 10.0 Å². The van der Waals surface area contributed by atoms with Gasteiger partial charge in [-0.3, -0.25) is 9.10 Å². The smallest absolute Gasteiger partial charge is 0.264 e. The molecular formula is C26H30N2O4S. The summed E-state index contributed by atoms with van der Waals surface area (Å²) < 4.78 is 33.7. The lowest BCUT2D eigenvalue weighted by Crippen LogP contribution is -2.41. The van der Waals surface area contributed by atoms with Crippen molar-refractivity contribution in [1.82, 2.24) is 5.32 Å². The van der Waals surface area contributed by atoms with E-state index in [2.05, 4.69) is 5.32 Å². The van der Waals surface area contributed by atoms with E-state index in [9.17, 15) is 13.2 Å². The van der Waals surface area contributed by atoms with Crippen molar-refractivity contribution in [1.29, 1.82) is 0 Å². The minimum atomic E-state index is -3.94. The Kier molecular flexibility index (Phi) is 7.76. The first-order valence-corrected chi connectivity index (χ1v) is 12.3. The van der Waals surface area contributed by atoms with Gasteiger partial charge in [0.05, 0.1) is 23.2 Å². The molecule has 0 aliphatic rings. The number of sulfonamides is 1. The molecule has 6 nitrogen and oxygen atoms in total. The zero-order valence-electron chi connectivity index (χ0n) is 19.4. The Morgan fingerprint density at radius 1 is 0.970 bits per heavy atom. The van der Waals surface area contributed by atoms with Crippen molar-refractivity contribution in [3.05, 3.63) is 89.5 Å². The zero-order chi connectivity index (χ0) is 24.0. The van der Waals surface area contributed by atoms with Gasteiger partial charge in [0, 0.05) is 0 Å². The van der Waals surface area contributed by atoms with Gasteiger partial charge >= 0.3 is 0 Å². The molecule has 0 fully saturated rings. The number of hydrogen-bond donors (Lipinski definition) is 1. The first kappa shape index (κ1) is 24.3. The van der Waals surface area contributed by atoms with Crippen LogP contribution in [0.3, 0.4) is 0 Å². The molecule has 0 saturated heterocycles. The van der Waals surface area contributed by atoms with E-state index in [1.165, 1.54) is 4.31 Å². The summed E-state index contributed by atoms with van der Waals surface area (Å²) in [7, 11) is -3.94. The molecule has 174 valence electrons. The second-order valence-corrected chi connectivity index (χ2v) is 9.76. The lowest BCUT2D eigenvalue weighted by molar-refractivity contribution is -0.120. The van der Waals surface area contributed by atoms with Gasteiger partial charge in [-0.05, 0) is 69.2 Å². The average Bonchev–Trinajstić information content (AvgIpc) is 2.79. The molecule has 3 rings (SSSR count). The molecule has 1 amide bonds. The highest BCUT2D eigenvalue weighted by molar-refractivity contribution is 7.92. The molecule has 33 heavy (non-hydrogen) atoms. The van der Waals surface area contributed by atoms with Crippen molar-refractivity contribution in [3.63, 3.8) is 0 Å². The third-order valence-corrected chi connectivity index (χ3v) is 7.12. The van der Waals surface area contributed by atoms with E-state index >= 15 is 0 Å². The summed E-state index contributed by atoms with van der Waals surface area (Å²) in [6.07, 6.45) is 0. The molecule has 3 aromatic carbocycles. The number of nitrogens with one attached hydrogen (secondary N) is 1. The highest BCUT2D eigenvalue weighted by Gasteiger charge is 2.28. The van der Waals surface area contributed by atoms with Crippen LogP contribution in [0.5, 0.6) is 5.75 Å². The average molecular weight is 467 g/mol. The number of hydrogen-bond acceptors (Lipinski definition) is 4. The number of nitrogens with zero attached hydrogens (tertiary/aromatic N) is 1. The van der Waals surface area contributed by atoms with E-state index in [0.29, 0.717) is 12.3 Å². The lowest BCUT2D eigenvalue weighted by Gasteiger charge is -2.26. The normalized spacial score (nSPS) is 12.1. The van der Waals surface area contributed by atoms with Gasteiger partial charge in [-0.1, -0.05) is 48.0 Å². The molecule has 0 aliphatic carbocycles. The predicted octanol–water partition coefficient (Wildman–Crippen LogP) is 4.77. The van der Waals surface area contributed by atoms with Gasteiger partial charge in [0.1, 0.15) is 12.3 Å². The summed E-state index contributed by atoms with van der Waals surface area (Å²) in [4.78, 5) is 13.1. The summed E-state index contributed by atoms with van der Waals surface area (Å²) in [5, 5.41) is 2.91. The van der Waals surface area contributed by atoms with Crippen molar-refractivity contribution >= 4 is 21.6 Å². The second-order valence-electron chi connectivity index (χ2n) is 7.90.